The average Bonchev–Trinajstić information content (AvgIpc) is 2.27. The van der Waals surface area contributed by atoms with Crippen LogP contribution in [0.1, 0.15) is 5.56 Å². The highest BCUT2D eigenvalue weighted by Gasteiger charge is 2.01. The van der Waals surface area contributed by atoms with Crippen LogP contribution < -0.4 is 11.5 Å². The number of nitrogen functional groups attached to an aromatic ring is 2. The SMILES string of the molecule is Nc1cc(SCc2cccnc2)nc(N)n1. The summed E-state index contributed by atoms with van der Waals surface area (Å²) >= 11 is 1.55. The largest absolute Gasteiger partial charge is 0.383 e. The number of nitrogens with two attached hydrogens (primary N) is 2. The fraction of sp³-hybridized carbons (Fsp3) is 0.100. The summed E-state index contributed by atoms with van der Waals surface area (Å²) in [5.74, 6) is 1.37. The Kier molecular flexibility index (Phi) is 3.21. The van der Waals surface area contributed by atoms with Crippen LogP contribution in [-0.2, 0) is 5.75 Å². The molecule has 0 spiro atoms. The van der Waals surface area contributed by atoms with Crippen LogP contribution in [0.3, 0.4) is 0 Å². The van der Waals surface area contributed by atoms with Gasteiger partial charge in [-0.25, -0.2) is 4.98 Å². The van der Waals surface area contributed by atoms with Crippen LogP contribution in [0.5, 0.6) is 0 Å². The normalized spacial score (nSPS) is 10.2. The van der Waals surface area contributed by atoms with Gasteiger partial charge in [0.15, 0.2) is 0 Å². The minimum Gasteiger partial charge on any atom is -0.383 e. The summed E-state index contributed by atoms with van der Waals surface area (Å²) in [6.45, 7) is 0. The molecule has 0 aliphatic carbocycles. The van der Waals surface area contributed by atoms with Gasteiger partial charge in [-0.3, -0.25) is 4.98 Å². The van der Waals surface area contributed by atoms with Crippen LogP contribution in [0.25, 0.3) is 0 Å². The van der Waals surface area contributed by atoms with Gasteiger partial charge in [0.25, 0.3) is 0 Å². The Labute approximate surface area is 97.3 Å². The zero-order chi connectivity index (χ0) is 11.4. The van der Waals surface area contributed by atoms with Gasteiger partial charge in [0, 0.05) is 24.2 Å². The van der Waals surface area contributed by atoms with Crippen molar-refractivity contribution >= 4 is 23.5 Å². The van der Waals surface area contributed by atoms with Crippen molar-refractivity contribution in [3.05, 3.63) is 36.2 Å². The van der Waals surface area contributed by atoms with E-state index in [0.29, 0.717) is 5.82 Å². The van der Waals surface area contributed by atoms with Gasteiger partial charge in [0.05, 0.1) is 0 Å². The highest BCUT2D eigenvalue weighted by Crippen LogP contribution is 2.21. The van der Waals surface area contributed by atoms with E-state index in [-0.39, 0.29) is 5.95 Å². The third-order valence-corrected chi connectivity index (χ3v) is 2.83. The van der Waals surface area contributed by atoms with Gasteiger partial charge in [0.1, 0.15) is 10.8 Å². The second-order valence-corrected chi connectivity index (χ2v) is 4.13. The van der Waals surface area contributed by atoms with E-state index in [1.54, 1.807) is 24.0 Å². The fourth-order valence-electron chi connectivity index (χ4n) is 1.18. The molecular formula is C10H11N5S. The predicted molar refractivity (Wildman–Crippen MR) is 64.7 cm³/mol. The van der Waals surface area contributed by atoms with Crippen LogP contribution in [0, 0.1) is 0 Å². The van der Waals surface area contributed by atoms with Gasteiger partial charge in [-0.05, 0) is 11.6 Å². The van der Waals surface area contributed by atoms with Crippen molar-refractivity contribution in [3.8, 4) is 0 Å². The van der Waals surface area contributed by atoms with Crippen molar-refractivity contribution in [3.63, 3.8) is 0 Å². The van der Waals surface area contributed by atoms with E-state index in [1.165, 1.54) is 0 Å². The van der Waals surface area contributed by atoms with E-state index in [1.807, 2.05) is 18.3 Å². The summed E-state index contributed by atoms with van der Waals surface area (Å²) in [5, 5.41) is 0.772. The molecule has 2 heterocycles. The first-order chi connectivity index (χ1) is 7.74. The molecule has 0 bridgehead atoms. The molecule has 2 aromatic rings. The second-order valence-electron chi connectivity index (χ2n) is 3.14. The van der Waals surface area contributed by atoms with Gasteiger partial charge in [-0.1, -0.05) is 6.07 Å². The van der Waals surface area contributed by atoms with E-state index in [0.717, 1.165) is 16.3 Å². The van der Waals surface area contributed by atoms with Crippen LogP contribution in [-0.4, -0.2) is 15.0 Å². The number of anilines is 2. The first-order valence-corrected chi connectivity index (χ1v) is 5.64. The summed E-state index contributed by atoms with van der Waals surface area (Å²) in [4.78, 5) is 11.9. The standard InChI is InChI=1S/C10H11N5S/c11-8-4-9(15-10(12)14-8)16-6-7-2-1-3-13-5-7/h1-5H,6H2,(H4,11,12,14,15). The summed E-state index contributed by atoms with van der Waals surface area (Å²) in [6, 6.07) is 5.61. The molecule has 82 valence electrons. The molecule has 0 saturated carbocycles. The molecule has 0 radical (unpaired) electrons. The number of pyridine rings is 1. The quantitative estimate of drug-likeness (QED) is 0.614. The lowest BCUT2D eigenvalue weighted by molar-refractivity contribution is 1.07. The molecule has 0 amide bonds. The lowest BCUT2D eigenvalue weighted by Crippen LogP contribution is -2.00. The third kappa shape index (κ3) is 2.83. The lowest BCUT2D eigenvalue weighted by atomic mass is 10.3. The molecule has 6 heteroatoms. The van der Waals surface area contributed by atoms with Crippen molar-refractivity contribution in [2.45, 2.75) is 10.8 Å². The van der Waals surface area contributed by atoms with Crippen molar-refractivity contribution < 1.29 is 0 Å². The third-order valence-electron chi connectivity index (χ3n) is 1.85. The molecule has 0 aromatic carbocycles. The maximum absolute atomic E-state index is 5.57. The number of hydrogen-bond donors (Lipinski definition) is 2. The van der Waals surface area contributed by atoms with Gasteiger partial charge < -0.3 is 11.5 Å². The van der Waals surface area contributed by atoms with Gasteiger partial charge in [0.2, 0.25) is 5.95 Å². The molecule has 2 rings (SSSR count). The Morgan fingerprint density at radius 2 is 2.12 bits per heavy atom. The van der Waals surface area contributed by atoms with Gasteiger partial charge >= 0.3 is 0 Å². The van der Waals surface area contributed by atoms with E-state index in [2.05, 4.69) is 15.0 Å². The number of aromatic nitrogens is 3. The molecule has 2 aromatic heterocycles. The molecule has 16 heavy (non-hydrogen) atoms. The van der Waals surface area contributed by atoms with Crippen LogP contribution in [0.15, 0.2) is 35.6 Å². The predicted octanol–water partition coefficient (Wildman–Crippen LogP) is 1.33. The van der Waals surface area contributed by atoms with E-state index >= 15 is 0 Å². The van der Waals surface area contributed by atoms with Crippen LogP contribution in [0.2, 0.25) is 0 Å². The van der Waals surface area contributed by atoms with Crippen molar-refractivity contribution in [2.24, 2.45) is 0 Å². The minimum atomic E-state index is 0.202. The minimum absolute atomic E-state index is 0.202. The molecule has 0 unspecified atom stereocenters. The average molecular weight is 233 g/mol. The highest BCUT2D eigenvalue weighted by atomic mass is 32.2. The fourth-order valence-corrected chi connectivity index (χ4v) is 2.02. The molecule has 0 saturated heterocycles. The Bertz CT molecular complexity index is 454. The monoisotopic (exact) mass is 233 g/mol. The molecule has 0 aliphatic rings. The van der Waals surface area contributed by atoms with Gasteiger partial charge in [-0.15, -0.1) is 11.8 Å². The van der Waals surface area contributed by atoms with Gasteiger partial charge in [-0.2, -0.15) is 4.98 Å². The van der Waals surface area contributed by atoms with Crippen LogP contribution in [0.4, 0.5) is 11.8 Å². The summed E-state index contributed by atoms with van der Waals surface area (Å²) in [7, 11) is 0. The van der Waals surface area contributed by atoms with E-state index < -0.39 is 0 Å². The lowest BCUT2D eigenvalue weighted by Gasteiger charge is -2.02. The van der Waals surface area contributed by atoms with Crippen molar-refractivity contribution in [1.29, 1.82) is 0 Å². The molecule has 0 aliphatic heterocycles. The summed E-state index contributed by atoms with van der Waals surface area (Å²) in [6.07, 6.45) is 3.57. The maximum atomic E-state index is 5.57. The Balaban J connectivity index is 2.05. The number of rotatable bonds is 3. The van der Waals surface area contributed by atoms with Crippen molar-refractivity contribution in [2.75, 3.05) is 11.5 Å². The zero-order valence-corrected chi connectivity index (χ0v) is 9.31. The van der Waals surface area contributed by atoms with Crippen molar-refractivity contribution in [1.82, 2.24) is 15.0 Å². The Morgan fingerprint density at radius 3 is 2.81 bits per heavy atom. The zero-order valence-electron chi connectivity index (χ0n) is 8.50. The topological polar surface area (TPSA) is 90.7 Å². The molecule has 0 atom stereocenters. The molecule has 4 N–H and O–H groups in total. The molecule has 0 fully saturated rings. The first-order valence-electron chi connectivity index (χ1n) is 4.66. The second kappa shape index (κ2) is 4.80. The molecule has 5 nitrogen and oxygen atoms in total. The van der Waals surface area contributed by atoms with E-state index in [9.17, 15) is 0 Å². The van der Waals surface area contributed by atoms with Crippen LogP contribution >= 0.6 is 11.8 Å². The first kappa shape index (κ1) is 10.7. The number of nitrogens with zero attached hydrogens (tertiary/aromatic N) is 3. The number of thioether (sulfide) groups is 1. The Morgan fingerprint density at radius 1 is 1.25 bits per heavy atom. The summed E-state index contributed by atoms with van der Waals surface area (Å²) < 4.78 is 0. The van der Waals surface area contributed by atoms with E-state index in [4.69, 9.17) is 11.5 Å². The maximum Gasteiger partial charge on any atom is 0.223 e. The Hall–Kier alpha value is -1.82. The molecular weight excluding hydrogens is 222 g/mol. The number of hydrogen-bond acceptors (Lipinski definition) is 6. The highest BCUT2D eigenvalue weighted by molar-refractivity contribution is 7.98. The summed E-state index contributed by atoms with van der Waals surface area (Å²) in [5.41, 5.74) is 12.2. The smallest absolute Gasteiger partial charge is 0.223 e.